The summed E-state index contributed by atoms with van der Waals surface area (Å²) in [5.74, 6) is 0.503. The number of aromatic nitrogens is 1. The number of carbonyl (C=O) groups excluding carboxylic acids is 1. The third kappa shape index (κ3) is 3.06. The van der Waals surface area contributed by atoms with Crippen LogP contribution in [0.2, 0.25) is 0 Å². The van der Waals surface area contributed by atoms with Gasteiger partial charge >= 0.3 is 0 Å². The molecule has 1 aromatic heterocycles. The number of aryl methyl sites for hydroxylation is 2. The lowest BCUT2D eigenvalue weighted by Gasteiger charge is -2.08. The first-order valence-corrected chi connectivity index (χ1v) is 5.58. The second kappa shape index (κ2) is 5.65. The van der Waals surface area contributed by atoms with Gasteiger partial charge < -0.3 is 14.7 Å². The zero-order valence-corrected chi connectivity index (χ0v) is 10.4. The van der Waals surface area contributed by atoms with Crippen LogP contribution in [-0.2, 0) is 6.42 Å². The fourth-order valence-electron chi connectivity index (χ4n) is 1.46. The predicted molar refractivity (Wildman–Crippen MR) is 60.6 cm³/mol. The molecule has 0 aliphatic carbocycles. The smallest absolute Gasteiger partial charge is 0.257 e. The fourth-order valence-corrected chi connectivity index (χ4v) is 1.46. The molecule has 5 nitrogen and oxygen atoms in total. The Kier molecular flexibility index (Phi) is 4.49. The molecular formula is C11H20N3O2+. The van der Waals surface area contributed by atoms with Crippen molar-refractivity contribution in [1.29, 1.82) is 0 Å². The van der Waals surface area contributed by atoms with E-state index in [1.54, 1.807) is 6.92 Å². The van der Waals surface area contributed by atoms with Gasteiger partial charge in [-0.3, -0.25) is 4.79 Å². The number of nitrogens with one attached hydrogen (secondary N) is 2. The highest BCUT2D eigenvalue weighted by Crippen LogP contribution is 2.13. The Morgan fingerprint density at radius 2 is 2.19 bits per heavy atom. The molecule has 1 heterocycles. The Bertz CT molecular complexity index is 358. The van der Waals surface area contributed by atoms with Crippen LogP contribution in [0, 0.1) is 6.92 Å². The van der Waals surface area contributed by atoms with Crippen LogP contribution < -0.4 is 10.2 Å². The molecule has 0 saturated heterocycles. The summed E-state index contributed by atoms with van der Waals surface area (Å²) >= 11 is 0. The van der Waals surface area contributed by atoms with E-state index in [0.29, 0.717) is 24.3 Å². The molecule has 0 spiro atoms. The zero-order valence-electron chi connectivity index (χ0n) is 10.4. The van der Waals surface area contributed by atoms with Crippen LogP contribution in [0.25, 0.3) is 0 Å². The molecule has 0 aliphatic rings. The highest BCUT2D eigenvalue weighted by Gasteiger charge is 2.18. The van der Waals surface area contributed by atoms with E-state index < -0.39 is 0 Å². The van der Waals surface area contributed by atoms with Gasteiger partial charge in [-0.2, -0.15) is 0 Å². The Labute approximate surface area is 95.8 Å². The van der Waals surface area contributed by atoms with Gasteiger partial charge in [0.1, 0.15) is 11.3 Å². The number of carbonyl (C=O) groups is 1. The Hall–Kier alpha value is -1.36. The summed E-state index contributed by atoms with van der Waals surface area (Å²) in [6, 6.07) is 0. The fraction of sp³-hybridized carbons (Fsp3) is 0.636. The SMILES string of the molecule is CCc1noc(C)c1C(=O)NCC[NH+](C)C. The van der Waals surface area contributed by atoms with Gasteiger partial charge in [0.25, 0.3) is 5.91 Å². The standard InChI is InChI=1S/C11H19N3O2/c1-5-9-10(8(2)16-13-9)11(15)12-6-7-14(3)4/h5-7H2,1-4H3,(H,12,15)/p+1. The molecule has 0 fully saturated rings. The summed E-state index contributed by atoms with van der Waals surface area (Å²) in [5, 5.41) is 6.73. The summed E-state index contributed by atoms with van der Waals surface area (Å²) in [4.78, 5) is 13.2. The minimum atomic E-state index is -0.0862. The minimum Gasteiger partial charge on any atom is -0.361 e. The van der Waals surface area contributed by atoms with Crippen molar-refractivity contribution in [3.05, 3.63) is 17.0 Å². The van der Waals surface area contributed by atoms with Crippen LogP contribution in [0.4, 0.5) is 0 Å². The van der Waals surface area contributed by atoms with Crippen molar-refractivity contribution in [1.82, 2.24) is 10.5 Å². The summed E-state index contributed by atoms with van der Waals surface area (Å²) in [6.45, 7) is 5.28. The van der Waals surface area contributed by atoms with Gasteiger partial charge in [-0.05, 0) is 13.3 Å². The average Bonchev–Trinajstić information content (AvgIpc) is 2.58. The second-order valence-electron chi connectivity index (χ2n) is 4.13. The molecule has 0 atom stereocenters. The van der Waals surface area contributed by atoms with E-state index in [0.717, 1.165) is 12.2 Å². The van der Waals surface area contributed by atoms with Crippen molar-refractivity contribution in [3.63, 3.8) is 0 Å². The van der Waals surface area contributed by atoms with Gasteiger partial charge in [-0.1, -0.05) is 12.1 Å². The summed E-state index contributed by atoms with van der Waals surface area (Å²) in [6.07, 6.45) is 0.707. The maximum Gasteiger partial charge on any atom is 0.257 e. The molecule has 90 valence electrons. The largest absolute Gasteiger partial charge is 0.361 e. The number of hydrogen-bond donors (Lipinski definition) is 2. The molecule has 0 saturated carbocycles. The van der Waals surface area contributed by atoms with Crippen molar-refractivity contribution in [2.45, 2.75) is 20.3 Å². The molecule has 1 amide bonds. The van der Waals surface area contributed by atoms with E-state index in [9.17, 15) is 4.79 Å². The first-order chi connectivity index (χ1) is 7.56. The van der Waals surface area contributed by atoms with E-state index in [-0.39, 0.29) is 5.91 Å². The normalized spacial score (nSPS) is 10.8. The Morgan fingerprint density at radius 3 is 2.75 bits per heavy atom. The third-order valence-corrected chi connectivity index (χ3v) is 2.41. The molecule has 16 heavy (non-hydrogen) atoms. The number of amides is 1. The number of nitrogens with zero attached hydrogens (tertiary/aromatic N) is 1. The summed E-state index contributed by atoms with van der Waals surface area (Å²) in [5.41, 5.74) is 1.32. The second-order valence-corrected chi connectivity index (χ2v) is 4.13. The van der Waals surface area contributed by atoms with E-state index in [1.165, 1.54) is 4.90 Å². The maximum atomic E-state index is 11.9. The molecule has 5 heteroatoms. The molecule has 0 aromatic carbocycles. The van der Waals surface area contributed by atoms with Crippen LogP contribution in [0.5, 0.6) is 0 Å². The molecular weight excluding hydrogens is 206 g/mol. The van der Waals surface area contributed by atoms with Crippen LogP contribution in [-0.4, -0.2) is 38.2 Å². The summed E-state index contributed by atoms with van der Waals surface area (Å²) in [7, 11) is 4.10. The van der Waals surface area contributed by atoms with Gasteiger partial charge in [0.05, 0.1) is 32.9 Å². The Balaban J connectivity index is 2.62. The zero-order chi connectivity index (χ0) is 12.1. The van der Waals surface area contributed by atoms with Crippen molar-refractivity contribution < 1.29 is 14.2 Å². The van der Waals surface area contributed by atoms with Crippen LogP contribution in [0.1, 0.15) is 28.7 Å². The first-order valence-electron chi connectivity index (χ1n) is 5.58. The number of hydrogen-bond acceptors (Lipinski definition) is 3. The first kappa shape index (κ1) is 12.7. The summed E-state index contributed by atoms with van der Waals surface area (Å²) < 4.78 is 5.02. The van der Waals surface area contributed by atoms with E-state index in [4.69, 9.17) is 4.52 Å². The molecule has 1 rings (SSSR count). The van der Waals surface area contributed by atoms with Gasteiger partial charge in [-0.25, -0.2) is 0 Å². The average molecular weight is 226 g/mol. The molecule has 0 aliphatic heterocycles. The van der Waals surface area contributed by atoms with E-state index in [1.807, 2.05) is 21.0 Å². The van der Waals surface area contributed by atoms with Gasteiger partial charge in [0.2, 0.25) is 0 Å². The van der Waals surface area contributed by atoms with Crippen LogP contribution >= 0.6 is 0 Å². The lowest BCUT2D eigenvalue weighted by atomic mass is 10.1. The predicted octanol–water partition coefficient (Wildman–Crippen LogP) is -0.580. The monoisotopic (exact) mass is 226 g/mol. The number of quaternary nitrogens is 1. The van der Waals surface area contributed by atoms with Crippen molar-refractivity contribution >= 4 is 5.91 Å². The van der Waals surface area contributed by atoms with E-state index >= 15 is 0 Å². The molecule has 0 bridgehead atoms. The highest BCUT2D eigenvalue weighted by molar-refractivity contribution is 5.96. The van der Waals surface area contributed by atoms with Crippen molar-refractivity contribution in [2.24, 2.45) is 0 Å². The number of rotatable bonds is 5. The number of likely N-dealkylation sites (N-methyl/N-ethyl adjacent to an activating group) is 1. The highest BCUT2D eigenvalue weighted by atomic mass is 16.5. The molecule has 0 unspecified atom stereocenters. The van der Waals surface area contributed by atoms with Crippen molar-refractivity contribution in [2.75, 3.05) is 27.2 Å². The third-order valence-electron chi connectivity index (χ3n) is 2.41. The van der Waals surface area contributed by atoms with E-state index in [2.05, 4.69) is 10.5 Å². The van der Waals surface area contributed by atoms with Gasteiger partial charge in [-0.15, -0.1) is 0 Å². The van der Waals surface area contributed by atoms with Crippen LogP contribution in [0.15, 0.2) is 4.52 Å². The van der Waals surface area contributed by atoms with Gasteiger partial charge in [0, 0.05) is 0 Å². The van der Waals surface area contributed by atoms with Gasteiger partial charge in [0.15, 0.2) is 0 Å². The lowest BCUT2D eigenvalue weighted by molar-refractivity contribution is -0.856. The quantitative estimate of drug-likeness (QED) is 0.706. The molecule has 1 aromatic rings. The van der Waals surface area contributed by atoms with Crippen molar-refractivity contribution in [3.8, 4) is 0 Å². The topological polar surface area (TPSA) is 59.6 Å². The molecule has 0 radical (unpaired) electrons. The Morgan fingerprint density at radius 1 is 1.50 bits per heavy atom. The molecule has 2 N–H and O–H groups in total. The van der Waals surface area contributed by atoms with Crippen LogP contribution in [0.3, 0.4) is 0 Å². The minimum absolute atomic E-state index is 0.0862. The maximum absolute atomic E-state index is 11.9. The lowest BCUT2D eigenvalue weighted by Crippen LogP contribution is -3.06.